The number of nitrogens with one attached hydrogen (secondary N) is 2. The second-order valence-corrected chi connectivity index (χ2v) is 11.5. The van der Waals surface area contributed by atoms with Crippen molar-refractivity contribution in [2.45, 2.75) is 43.6 Å². The highest BCUT2D eigenvalue weighted by atomic mass is 32.2. The highest BCUT2D eigenvalue weighted by molar-refractivity contribution is 7.88. The second-order valence-electron chi connectivity index (χ2n) is 9.64. The van der Waals surface area contributed by atoms with Crippen LogP contribution in [-0.4, -0.2) is 64.7 Å². The maximum Gasteiger partial charge on any atom is 0.300 e. The van der Waals surface area contributed by atoms with Gasteiger partial charge in [-0.1, -0.05) is 91.0 Å². The molecule has 13 heteroatoms. The Hall–Kier alpha value is -4.59. The third kappa shape index (κ3) is 10.0. The van der Waals surface area contributed by atoms with E-state index < -0.39 is 57.6 Å². The molecule has 230 valence electrons. The lowest BCUT2D eigenvalue weighted by Gasteiger charge is -2.40. The minimum atomic E-state index is -4.37. The maximum atomic E-state index is 13.8. The number of aliphatic hydroxyl groups is 1. The molecule has 0 aliphatic heterocycles. The smallest absolute Gasteiger partial charge is 0.300 e. The quantitative estimate of drug-likeness (QED) is 0.115. The lowest BCUT2D eigenvalue weighted by atomic mass is 9.95. The number of carbonyl (C=O) groups is 3. The Balaban J connectivity index is 0.00000151. The standard InChI is InChI=1S/C28H33N5O5S.C2H4O2/c29-25(35)24(17-16-21-10-4-1-5-11-21)32-27(36)28(20-34,26(30)31)33(18-22-12-6-2-7-13-22)39(37,38)19-23-14-8-3-9-15-23;1-2(3)4/h1-15,24,34H,16-20H2,(H2,29,35)(H3,30,31)(H,32,36);1H3,(H,3,4)/t24-,28-;/m0./s1. The van der Waals surface area contributed by atoms with E-state index in [-0.39, 0.29) is 13.0 Å². The predicted molar refractivity (Wildman–Crippen MR) is 162 cm³/mol. The number of carbonyl (C=O) groups excluding carboxylic acids is 2. The van der Waals surface area contributed by atoms with Crippen LogP contribution in [0.2, 0.25) is 0 Å². The van der Waals surface area contributed by atoms with E-state index in [0.29, 0.717) is 17.5 Å². The van der Waals surface area contributed by atoms with E-state index in [1.54, 1.807) is 60.7 Å². The van der Waals surface area contributed by atoms with E-state index in [0.717, 1.165) is 16.8 Å². The minimum Gasteiger partial charge on any atom is -0.481 e. The normalized spacial score (nSPS) is 13.1. The van der Waals surface area contributed by atoms with Gasteiger partial charge in [-0.05, 0) is 29.5 Å². The van der Waals surface area contributed by atoms with Crippen LogP contribution < -0.4 is 16.8 Å². The first-order valence-electron chi connectivity index (χ1n) is 13.2. The minimum absolute atomic E-state index is 0.111. The summed E-state index contributed by atoms with van der Waals surface area (Å²) < 4.78 is 28.4. The molecule has 0 unspecified atom stereocenters. The third-order valence-corrected chi connectivity index (χ3v) is 8.20. The van der Waals surface area contributed by atoms with Crippen molar-refractivity contribution in [1.29, 1.82) is 5.41 Å². The molecule has 8 N–H and O–H groups in total. The molecule has 2 atom stereocenters. The van der Waals surface area contributed by atoms with Gasteiger partial charge in [0.05, 0.1) is 12.4 Å². The molecule has 0 aromatic heterocycles. The van der Waals surface area contributed by atoms with Gasteiger partial charge in [0.25, 0.3) is 11.9 Å². The average molecular weight is 612 g/mol. The monoisotopic (exact) mass is 611 g/mol. The Morgan fingerprint density at radius 1 is 0.884 bits per heavy atom. The number of carboxylic acids is 1. The number of nitrogens with zero attached hydrogens (tertiary/aromatic N) is 1. The molecular weight excluding hydrogens is 574 g/mol. The zero-order chi connectivity index (χ0) is 32.0. The molecule has 0 aliphatic carbocycles. The summed E-state index contributed by atoms with van der Waals surface area (Å²) in [6.07, 6.45) is 0.501. The Bertz CT molecular complexity index is 1470. The fraction of sp³-hybridized carbons (Fsp3) is 0.267. The number of amidine groups is 1. The van der Waals surface area contributed by atoms with Gasteiger partial charge >= 0.3 is 0 Å². The van der Waals surface area contributed by atoms with Gasteiger partial charge in [-0.3, -0.25) is 19.8 Å². The number of hydrogen-bond donors (Lipinski definition) is 6. The largest absolute Gasteiger partial charge is 0.481 e. The molecular formula is C30H37N5O7S. The summed E-state index contributed by atoms with van der Waals surface area (Å²) in [4.78, 5) is 35.1. The van der Waals surface area contributed by atoms with Crippen LogP contribution in [0.4, 0.5) is 0 Å². The lowest BCUT2D eigenvalue weighted by molar-refractivity contribution is -0.134. The Morgan fingerprint density at radius 2 is 1.33 bits per heavy atom. The van der Waals surface area contributed by atoms with Crippen molar-refractivity contribution in [3.05, 3.63) is 108 Å². The van der Waals surface area contributed by atoms with E-state index in [9.17, 15) is 23.1 Å². The average Bonchev–Trinajstić information content (AvgIpc) is 2.96. The first-order valence-corrected chi connectivity index (χ1v) is 14.8. The van der Waals surface area contributed by atoms with Gasteiger partial charge in [-0.15, -0.1) is 0 Å². The number of primary amides is 1. The first kappa shape index (κ1) is 34.6. The van der Waals surface area contributed by atoms with E-state index in [2.05, 4.69) is 5.32 Å². The first-order chi connectivity index (χ1) is 20.3. The van der Waals surface area contributed by atoms with Crippen LogP contribution in [0, 0.1) is 5.41 Å². The van der Waals surface area contributed by atoms with Crippen molar-refractivity contribution in [3.63, 3.8) is 0 Å². The molecule has 3 aromatic rings. The Morgan fingerprint density at radius 3 is 1.74 bits per heavy atom. The number of carboxylic acid groups (broad SMARTS) is 1. The molecule has 0 spiro atoms. The summed E-state index contributed by atoms with van der Waals surface area (Å²) in [6, 6.07) is 24.7. The number of aliphatic hydroxyl groups excluding tert-OH is 1. The molecule has 0 saturated heterocycles. The summed E-state index contributed by atoms with van der Waals surface area (Å²) in [6.45, 7) is -0.423. The SMILES string of the molecule is CC(=O)O.N=C(N)[C@@](CO)(C(=O)N[C@@H](CCc1ccccc1)C(N)=O)N(Cc1ccccc1)S(=O)(=O)Cc1ccccc1. The van der Waals surface area contributed by atoms with Crippen molar-refractivity contribution in [3.8, 4) is 0 Å². The highest BCUT2D eigenvalue weighted by Crippen LogP contribution is 2.26. The van der Waals surface area contributed by atoms with Crippen molar-refractivity contribution in [1.82, 2.24) is 9.62 Å². The molecule has 0 heterocycles. The van der Waals surface area contributed by atoms with E-state index in [1.807, 2.05) is 30.3 Å². The number of amides is 2. The van der Waals surface area contributed by atoms with Crippen molar-refractivity contribution in [2.24, 2.45) is 11.5 Å². The van der Waals surface area contributed by atoms with E-state index >= 15 is 0 Å². The molecule has 0 aliphatic rings. The molecule has 0 saturated carbocycles. The van der Waals surface area contributed by atoms with Crippen LogP contribution in [0.5, 0.6) is 0 Å². The number of aryl methyl sites for hydroxylation is 1. The van der Waals surface area contributed by atoms with Gasteiger partial charge < -0.3 is 27.0 Å². The number of sulfonamides is 1. The molecule has 0 bridgehead atoms. The third-order valence-electron chi connectivity index (χ3n) is 6.39. The fourth-order valence-corrected chi connectivity index (χ4v) is 6.04. The molecule has 3 rings (SSSR count). The van der Waals surface area contributed by atoms with Crippen molar-refractivity contribution < 1.29 is 33.0 Å². The van der Waals surface area contributed by atoms with Crippen LogP contribution in [0.1, 0.15) is 30.0 Å². The highest BCUT2D eigenvalue weighted by Gasteiger charge is 2.53. The topological polar surface area (TPSA) is 217 Å². The molecule has 0 radical (unpaired) electrons. The van der Waals surface area contributed by atoms with Crippen LogP contribution in [0.25, 0.3) is 0 Å². The Labute approximate surface area is 250 Å². The number of hydrogen-bond acceptors (Lipinski definition) is 7. The van der Waals surface area contributed by atoms with Gasteiger partial charge in [-0.25, -0.2) is 8.42 Å². The van der Waals surface area contributed by atoms with Crippen molar-refractivity contribution >= 4 is 33.6 Å². The predicted octanol–water partition coefficient (Wildman–Crippen LogP) is 1.38. The molecule has 3 aromatic carbocycles. The van der Waals surface area contributed by atoms with Gasteiger partial charge in [0.2, 0.25) is 15.9 Å². The van der Waals surface area contributed by atoms with Gasteiger partial charge in [0.1, 0.15) is 11.9 Å². The molecule has 0 fully saturated rings. The van der Waals surface area contributed by atoms with Crippen LogP contribution in [0.15, 0.2) is 91.0 Å². The van der Waals surface area contributed by atoms with E-state index in [1.165, 1.54) is 0 Å². The van der Waals surface area contributed by atoms with Crippen LogP contribution in [0.3, 0.4) is 0 Å². The number of nitrogens with two attached hydrogens (primary N) is 2. The van der Waals surface area contributed by atoms with Crippen LogP contribution in [-0.2, 0) is 43.1 Å². The number of aliphatic carboxylic acids is 1. The zero-order valence-corrected chi connectivity index (χ0v) is 24.5. The summed E-state index contributed by atoms with van der Waals surface area (Å²) in [5.74, 6) is -4.23. The van der Waals surface area contributed by atoms with Gasteiger partial charge in [0, 0.05) is 13.5 Å². The summed E-state index contributed by atoms with van der Waals surface area (Å²) in [7, 11) is -4.37. The summed E-state index contributed by atoms with van der Waals surface area (Å²) in [5.41, 5.74) is 10.7. The number of benzene rings is 3. The maximum absolute atomic E-state index is 13.8. The lowest BCUT2D eigenvalue weighted by Crippen LogP contribution is -2.70. The fourth-order valence-electron chi connectivity index (χ4n) is 4.21. The second kappa shape index (κ2) is 16.2. The van der Waals surface area contributed by atoms with Gasteiger partial charge in [0.15, 0.2) is 5.54 Å². The zero-order valence-electron chi connectivity index (χ0n) is 23.7. The van der Waals surface area contributed by atoms with Gasteiger partial charge in [-0.2, -0.15) is 4.31 Å². The molecule has 2 amide bonds. The van der Waals surface area contributed by atoms with Crippen molar-refractivity contribution in [2.75, 3.05) is 6.61 Å². The molecule has 43 heavy (non-hydrogen) atoms. The van der Waals surface area contributed by atoms with E-state index in [4.69, 9.17) is 26.8 Å². The summed E-state index contributed by atoms with van der Waals surface area (Å²) in [5, 5.41) is 28.7. The molecule has 12 nitrogen and oxygen atoms in total. The summed E-state index contributed by atoms with van der Waals surface area (Å²) >= 11 is 0. The number of rotatable bonds is 14. The van der Waals surface area contributed by atoms with Crippen LogP contribution >= 0.6 is 0 Å². The Kier molecular flexibility index (Phi) is 13.0.